The van der Waals surface area contributed by atoms with Gasteiger partial charge in [-0.2, -0.15) is 5.10 Å². The number of nitrogens with one attached hydrogen (secondary N) is 1. The Morgan fingerprint density at radius 2 is 1.93 bits per heavy atom. The van der Waals surface area contributed by atoms with Crippen LogP contribution in [0.25, 0.3) is 0 Å². The van der Waals surface area contributed by atoms with Crippen molar-refractivity contribution in [1.29, 1.82) is 0 Å². The highest BCUT2D eigenvalue weighted by atomic mass is 79.9. The molecule has 0 aliphatic carbocycles. The second-order valence-electron chi connectivity index (χ2n) is 6.28. The molecule has 0 spiro atoms. The largest absolute Gasteiger partial charge is 0.496 e. The molecule has 2 aromatic rings. The molecule has 2 aromatic carbocycles. The molecule has 2 rings (SSSR count). The summed E-state index contributed by atoms with van der Waals surface area (Å²) in [6.45, 7) is 3.84. The first-order valence-corrected chi connectivity index (χ1v) is 11.7. The van der Waals surface area contributed by atoms with Crippen molar-refractivity contribution < 1.29 is 22.7 Å². The molecule has 30 heavy (non-hydrogen) atoms. The highest BCUT2D eigenvalue weighted by Crippen LogP contribution is 2.24. The zero-order valence-electron chi connectivity index (χ0n) is 17.1. The highest BCUT2D eigenvalue weighted by Gasteiger charge is 2.29. The van der Waals surface area contributed by atoms with Crippen LogP contribution in [0, 0.1) is 0 Å². The maximum absolute atomic E-state index is 12.6. The number of methoxy groups -OCH3 is 1. The Labute approximate surface area is 185 Å². The summed E-state index contributed by atoms with van der Waals surface area (Å²) in [5.74, 6) is 0.607. The molecule has 0 fully saturated rings. The smallest absolute Gasteiger partial charge is 0.263 e. The summed E-state index contributed by atoms with van der Waals surface area (Å²) in [5, 5.41) is 3.94. The van der Waals surface area contributed by atoms with Gasteiger partial charge in [0.05, 0.1) is 31.9 Å². The van der Waals surface area contributed by atoms with Gasteiger partial charge in [0.1, 0.15) is 17.5 Å². The molecule has 0 aliphatic rings. The maximum Gasteiger partial charge on any atom is 0.263 e. The average Bonchev–Trinajstić information content (AvgIpc) is 2.68. The van der Waals surface area contributed by atoms with Gasteiger partial charge in [-0.25, -0.2) is 13.8 Å². The van der Waals surface area contributed by atoms with E-state index in [1.54, 1.807) is 36.4 Å². The lowest BCUT2D eigenvalue weighted by Crippen LogP contribution is -2.46. The molecule has 0 aliphatic heterocycles. The third kappa shape index (κ3) is 6.20. The molecule has 0 saturated carbocycles. The molecule has 1 N–H and O–H groups in total. The number of hydrogen-bond acceptors (Lipinski definition) is 6. The average molecular weight is 498 g/mol. The van der Waals surface area contributed by atoms with Crippen LogP contribution in [0.4, 0.5) is 5.69 Å². The normalized spacial score (nSPS) is 12.4. The summed E-state index contributed by atoms with van der Waals surface area (Å²) < 4.78 is 37.2. The number of ether oxygens (including phenoxy) is 2. The highest BCUT2D eigenvalue weighted by molar-refractivity contribution is 9.10. The van der Waals surface area contributed by atoms with E-state index in [-0.39, 0.29) is 0 Å². The summed E-state index contributed by atoms with van der Waals surface area (Å²) in [5.41, 5.74) is 3.38. The maximum atomic E-state index is 12.6. The van der Waals surface area contributed by atoms with Gasteiger partial charge in [-0.3, -0.25) is 9.10 Å². The van der Waals surface area contributed by atoms with Crippen LogP contribution in [0.2, 0.25) is 0 Å². The third-order valence-electron chi connectivity index (χ3n) is 4.06. The van der Waals surface area contributed by atoms with Gasteiger partial charge < -0.3 is 9.47 Å². The Morgan fingerprint density at radius 3 is 2.50 bits per heavy atom. The number of hydrazone groups is 1. The second-order valence-corrected chi connectivity index (χ2v) is 9.06. The molecule has 0 aromatic heterocycles. The van der Waals surface area contributed by atoms with Gasteiger partial charge in [0.15, 0.2) is 0 Å². The fourth-order valence-electron chi connectivity index (χ4n) is 2.73. The van der Waals surface area contributed by atoms with E-state index in [4.69, 9.17) is 9.47 Å². The number of hydrogen-bond donors (Lipinski definition) is 1. The number of nitrogens with zero attached hydrogens (tertiary/aromatic N) is 2. The Hall–Kier alpha value is -2.59. The number of benzene rings is 2. The molecule has 10 heteroatoms. The lowest BCUT2D eigenvalue weighted by molar-refractivity contribution is -0.121. The van der Waals surface area contributed by atoms with E-state index in [1.165, 1.54) is 20.2 Å². The Balaban J connectivity index is 2.19. The van der Waals surface area contributed by atoms with Crippen molar-refractivity contribution in [3.8, 4) is 11.5 Å². The van der Waals surface area contributed by atoms with Gasteiger partial charge in [-0.05, 0) is 56.3 Å². The van der Waals surface area contributed by atoms with Crippen LogP contribution >= 0.6 is 15.9 Å². The van der Waals surface area contributed by atoms with Crippen molar-refractivity contribution in [3.63, 3.8) is 0 Å². The van der Waals surface area contributed by atoms with E-state index >= 15 is 0 Å². The molecule has 0 radical (unpaired) electrons. The van der Waals surface area contributed by atoms with Crippen molar-refractivity contribution in [3.05, 3.63) is 52.5 Å². The molecule has 162 valence electrons. The quantitative estimate of drug-likeness (QED) is 0.423. The third-order valence-corrected chi connectivity index (χ3v) is 5.80. The number of halogens is 1. The minimum atomic E-state index is -3.73. The lowest BCUT2D eigenvalue weighted by atomic mass is 10.2. The van der Waals surface area contributed by atoms with Gasteiger partial charge in [-0.15, -0.1) is 0 Å². The SMILES string of the molecule is CCOc1ccc(N([C@@H](C)C(=O)N/N=C\c2cc(Br)ccc2OC)S(C)(=O)=O)cc1. The summed E-state index contributed by atoms with van der Waals surface area (Å²) in [4.78, 5) is 12.6. The minimum Gasteiger partial charge on any atom is -0.496 e. The predicted octanol–water partition coefficient (Wildman–Crippen LogP) is 3.16. The van der Waals surface area contributed by atoms with Gasteiger partial charge >= 0.3 is 0 Å². The number of carbonyl (C=O) groups is 1. The van der Waals surface area contributed by atoms with Crippen molar-refractivity contribution >= 4 is 43.8 Å². The van der Waals surface area contributed by atoms with E-state index in [2.05, 4.69) is 26.5 Å². The van der Waals surface area contributed by atoms with Crippen LogP contribution in [0.1, 0.15) is 19.4 Å². The molecular weight excluding hydrogens is 474 g/mol. The van der Waals surface area contributed by atoms with Crippen LogP contribution in [-0.4, -0.2) is 46.6 Å². The molecule has 1 atom stereocenters. The first-order valence-electron chi connectivity index (χ1n) is 9.06. The van der Waals surface area contributed by atoms with E-state index < -0.39 is 22.0 Å². The first kappa shape index (κ1) is 23.7. The first-order chi connectivity index (χ1) is 14.2. The van der Waals surface area contributed by atoms with E-state index in [9.17, 15) is 13.2 Å². The summed E-state index contributed by atoms with van der Waals surface area (Å²) in [7, 11) is -2.20. The fourth-order valence-corrected chi connectivity index (χ4v) is 4.28. The Kier molecular flexibility index (Phi) is 8.24. The summed E-state index contributed by atoms with van der Waals surface area (Å²) in [6, 6.07) is 10.8. The van der Waals surface area contributed by atoms with Crippen molar-refractivity contribution in [2.45, 2.75) is 19.9 Å². The van der Waals surface area contributed by atoms with Crippen molar-refractivity contribution in [2.24, 2.45) is 5.10 Å². The monoisotopic (exact) mass is 497 g/mol. The minimum absolute atomic E-state index is 0.348. The van der Waals surface area contributed by atoms with Crippen molar-refractivity contribution in [2.75, 3.05) is 24.3 Å². The number of amides is 1. The molecule has 0 unspecified atom stereocenters. The molecular formula is C20H24BrN3O5S. The Bertz CT molecular complexity index is 1010. The number of rotatable bonds is 9. The molecule has 1 amide bonds. The zero-order chi connectivity index (χ0) is 22.3. The van der Waals surface area contributed by atoms with Gasteiger partial charge in [0.2, 0.25) is 10.0 Å². The van der Waals surface area contributed by atoms with Crippen LogP contribution in [0.3, 0.4) is 0 Å². The van der Waals surface area contributed by atoms with Crippen molar-refractivity contribution in [1.82, 2.24) is 5.43 Å². The number of anilines is 1. The molecule has 0 saturated heterocycles. The van der Waals surface area contributed by atoms with E-state index in [0.717, 1.165) is 15.0 Å². The van der Waals surface area contributed by atoms with Gasteiger partial charge in [-0.1, -0.05) is 15.9 Å². The fraction of sp³-hybridized carbons (Fsp3) is 0.300. The van der Waals surface area contributed by atoms with Gasteiger partial charge in [0.25, 0.3) is 5.91 Å². The Morgan fingerprint density at radius 1 is 1.27 bits per heavy atom. The van der Waals surface area contributed by atoms with E-state index in [0.29, 0.717) is 29.4 Å². The standard InChI is InChI=1S/C20H24BrN3O5S/c1-5-29-18-9-7-17(8-10-18)24(30(4,26)27)14(2)20(25)23-22-13-15-12-16(21)6-11-19(15)28-3/h6-14H,5H2,1-4H3,(H,23,25)/b22-13-/t14-/m0/s1. The number of sulfonamides is 1. The molecule has 0 heterocycles. The number of carbonyl (C=O) groups excluding carboxylic acids is 1. The van der Waals surface area contributed by atoms with Crippen LogP contribution < -0.4 is 19.2 Å². The molecule has 8 nitrogen and oxygen atoms in total. The second kappa shape index (κ2) is 10.4. The van der Waals surface area contributed by atoms with Crippen LogP contribution in [-0.2, 0) is 14.8 Å². The summed E-state index contributed by atoms with van der Waals surface area (Å²) >= 11 is 3.36. The lowest BCUT2D eigenvalue weighted by Gasteiger charge is -2.27. The molecule has 0 bridgehead atoms. The topological polar surface area (TPSA) is 97.3 Å². The summed E-state index contributed by atoms with van der Waals surface area (Å²) in [6.07, 6.45) is 2.47. The van der Waals surface area contributed by atoms with E-state index in [1.807, 2.05) is 13.0 Å². The predicted molar refractivity (Wildman–Crippen MR) is 121 cm³/mol. The zero-order valence-corrected chi connectivity index (χ0v) is 19.5. The van der Waals surface area contributed by atoms with Gasteiger partial charge in [0, 0.05) is 10.0 Å². The van der Waals surface area contributed by atoms with Crippen LogP contribution in [0.15, 0.2) is 52.0 Å². The van der Waals surface area contributed by atoms with Crippen LogP contribution in [0.5, 0.6) is 11.5 Å².